The van der Waals surface area contributed by atoms with Gasteiger partial charge in [0.1, 0.15) is 17.5 Å². The van der Waals surface area contributed by atoms with E-state index >= 15 is 0 Å². The maximum Gasteiger partial charge on any atom is 0.146 e. The van der Waals surface area contributed by atoms with Crippen LogP contribution in [0.3, 0.4) is 0 Å². The van der Waals surface area contributed by atoms with Crippen molar-refractivity contribution in [1.29, 1.82) is 0 Å². The van der Waals surface area contributed by atoms with E-state index in [-0.39, 0.29) is 0 Å². The molecule has 4 nitrogen and oxygen atoms in total. The van der Waals surface area contributed by atoms with Crippen LogP contribution >= 0.6 is 0 Å². The summed E-state index contributed by atoms with van der Waals surface area (Å²) in [5, 5.41) is 3.41. The Morgan fingerprint density at radius 3 is 2.60 bits per heavy atom. The van der Waals surface area contributed by atoms with Crippen LogP contribution < -0.4 is 5.32 Å². The van der Waals surface area contributed by atoms with Crippen LogP contribution in [-0.4, -0.2) is 21.0 Å². The van der Waals surface area contributed by atoms with Crippen LogP contribution in [0.15, 0.2) is 0 Å². The van der Waals surface area contributed by atoms with E-state index < -0.39 is 0 Å². The second-order valence-corrected chi connectivity index (χ2v) is 4.47. The number of hydrogen-bond donors (Lipinski definition) is 1. The molecule has 0 radical (unpaired) electrons. The minimum absolute atomic E-state index is 0.367. The van der Waals surface area contributed by atoms with E-state index in [0.717, 1.165) is 24.0 Å². The molecule has 0 atom stereocenters. The molecule has 0 unspecified atom stereocenters. The normalized spacial score (nSPS) is 16.0. The van der Waals surface area contributed by atoms with Crippen molar-refractivity contribution in [2.24, 2.45) is 0 Å². The third-order valence-electron chi connectivity index (χ3n) is 2.45. The minimum Gasteiger partial charge on any atom is -0.307 e. The summed E-state index contributed by atoms with van der Waals surface area (Å²) in [4.78, 5) is 13.1. The van der Waals surface area contributed by atoms with E-state index in [1.54, 1.807) is 0 Å². The van der Waals surface area contributed by atoms with Crippen molar-refractivity contribution in [1.82, 2.24) is 20.3 Å². The molecule has 0 aliphatic heterocycles. The van der Waals surface area contributed by atoms with E-state index in [9.17, 15) is 0 Å². The first kappa shape index (κ1) is 10.5. The lowest BCUT2D eigenvalue weighted by Crippen LogP contribution is -2.19. The molecule has 4 heteroatoms. The van der Waals surface area contributed by atoms with Crippen LogP contribution in [0.5, 0.6) is 0 Å². The third-order valence-corrected chi connectivity index (χ3v) is 2.45. The van der Waals surface area contributed by atoms with Crippen LogP contribution in [-0.2, 0) is 6.54 Å². The average molecular weight is 206 g/mol. The lowest BCUT2D eigenvalue weighted by molar-refractivity contribution is 0.631. The van der Waals surface area contributed by atoms with Gasteiger partial charge in [0.15, 0.2) is 0 Å². The number of rotatable bonds is 4. The van der Waals surface area contributed by atoms with Gasteiger partial charge in [-0.25, -0.2) is 15.0 Å². The van der Waals surface area contributed by atoms with Crippen LogP contribution in [0.2, 0.25) is 0 Å². The van der Waals surface area contributed by atoms with E-state index in [1.807, 2.05) is 6.92 Å². The number of nitrogens with zero attached hydrogens (tertiary/aromatic N) is 3. The van der Waals surface area contributed by atoms with Crippen molar-refractivity contribution in [3.05, 3.63) is 17.5 Å². The molecular formula is C11H18N4. The summed E-state index contributed by atoms with van der Waals surface area (Å²) in [6.07, 6.45) is 2.59. The van der Waals surface area contributed by atoms with Crippen LogP contribution in [0.1, 0.15) is 50.1 Å². The molecule has 0 saturated heterocycles. The topological polar surface area (TPSA) is 50.7 Å². The summed E-state index contributed by atoms with van der Waals surface area (Å²) < 4.78 is 0. The molecule has 1 aliphatic rings. The van der Waals surface area contributed by atoms with Gasteiger partial charge in [0, 0.05) is 12.0 Å². The highest BCUT2D eigenvalue weighted by Crippen LogP contribution is 2.19. The Balaban J connectivity index is 2.07. The van der Waals surface area contributed by atoms with Gasteiger partial charge in [0.05, 0.1) is 6.54 Å². The molecule has 82 valence electrons. The fourth-order valence-corrected chi connectivity index (χ4v) is 1.42. The lowest BCUT2D eigenvalue weighted by Gasteiger charge is -2.07. The minimum atomic E-state index is 0.367. The predicted octanol–water partition coefficient (Wildman–Crippen LogP) is 1.56. The van der Waals surface area contributed by atoms with Gasteiger partial charge < -0.3 is 5.32 Å². The molecule has 0 aromatic carbocycles. The van der Waals surface area contributed by atoms with E-state index in [0.29, 0.717) is 12.0 Å². The molecule has 1 N–H and O–H groups in total. The highest BCUT2D eigenvalue weighted by atomic mass is 15.1. The Labute approximate surface area is 90.6 Å². The molecule has 1 aromatic rings. The van der Waals surface area contributed by atoms with Gasteiger partial charge in [-0.05, 0) is 19.8 Å². The van der Waals surface area contributed by atoms with Gasteiger partial charge in [0.25, 0.3) is 0 Å². The first-order valence-electron chi connectivity index (χ1n) is 5.60. The summed E-state index contributed by atoms with van der Waals surface area (Å²) in [5.41, 5.74) is 0. The van der Waals surface area contributed by atoms with Gasteiger partial charge >= 0.3 is 0 Å². The molecule has 1 heterocycles. The number of hydrogen-bond acceptors (Lipinski definition) is 4. The molecule has 0 bridgehead atoms. The standard InChI is InChI=1S/C11H18N4/c1-7(2)11-14-8(3)13-10(15-11)6-12-9-4-5-9/h7,9,12H,4-6H2,1-3H3. The Morgan fingerprint density at radius 1 is 1.27 bits per heavy atom. The van der Waals surface area contributed by atoms with Crippen LogP contribution in [0.4, 0.5) is 0 Å². The number of nitrogens with one attached hydrogen (secondary N) is 1. The zero-order valence-electron chi connectivity index (χ0n) is 9.62. The summed E-state index contributed by atoms with van der Waals surface area (Å²) in [6, 6.07) is 0.699. The molecule has 15 heavy (non-hydrogen) atoms. The maximum absolute atomic E-state index is 4.45. The number of aryl methyl sites for hydroxylation is 1. The molecule has 0 spiro atoms. The first-order valence-corrected chi connectivity index (χ1v) is 5.60. The van der Waals surface area contributed by atoms with Crippen molar-refractivity contribution < 1.29 is 0 Å². The quantitative estimate of drug-likeness (QED) is 0.812. The second kappa shape index (κ2) is 4.23. The average Bonchev–Trinajstić information content (AvgIpc) is 2.97. The van der Waals surface area contributed by atoms with Gasteiger partial charge in [-0.1, -0.05) is 13.8 Å². The van der Waals surface area contributed by atoms with Crippen LogP contribution in [0, 0.1) is 6.92 Å². The summed E-state index contributed by atoms with van der Waals surface area (Å²) in [7, 11) is 0. The zero-order chi connectivity index (χ0) is 10.8. The molecule has 2 rings (SSSR count). The molecular weight excluding hydrogens is 188 g/mol. The Morgan fingerprint density at radius 2 is 2.00 bits per heavy atom. The summed E-state index contributed by atoms with van der Waals surface area (Å²) >= 11 is 0. The largest absolute Gasteiger partial charge is 0.307 e. The second-order valence-electron chi connectivity index (χ2n) is 4.47. The van der Waals surface area contributed by atoms with Crippen molar-refractivity contribution >= 4 is 0 Å². The first-order chi connectivity index (χ1) is 7.15. The molecule has 1 fully saturated rings. The highest BCUT2D eigenvalue weighted by molar-refractivity contribution is 5.00. The number of aromatic nitrogens is 3. The van der Waals surface area contributed by atoms with E-state index in [4.69, 9.17) is 0 Å². The van der Waals surface area contributed by atoms with Crippen molar-refractivity contribution in [2.45, 2.75) is 52.1 Å². The summed E-state index contributed by atoms with van der Waals surface area (Å²) in [5.74, 6) is 2.96. The lowest BCUT2D eigenvalue weighted by atomic mass is 10.2. The monoisotopic (exact) mass is 206 g/mol. The molecule has 0 amide bonds. The Hall–Kier alpha value is -1.03. The van der Waals surface area contributed by atoms with E-state index in [2.05, 4.69) is 34.1 Å². The Bertz CT molecular complexity index is 344. The van der Waals surface area contributed by atoms with Gasteiger partial charge in [0.2, 0.25) is 0 Å². The molecule has 1 aliphatic carbocycles. The maximum atomic E-state index is 4.45. The predicted molar refractivity (Wildman–Crippen MR) is 58.5 cm³/mol. The van der Waals surface area contributed by atoms with Crippen molar-refractivity contribution in [2.75, 3.05) is 0 Å². The van der Waals surface area contributed by atoms with Crippen molar-refractivity contribution in [3.8, 4) is 0 Å². The van der Waals surface area contributed by atoms with Gasteiger partial charge in [-0.3, -0.25) is 0 Å². The van der Waals surface area contributed by atoms with Crippen molar-refractivity contribution in [3.63, 3.8) is 0 Å². The van der Waals surface area contributed by atoms with Gasteiger partial charge in [-0.2, -0.15) is 0 Å². The molecule has 1 aromatic heterocycles. The van der Waals surface area contributed by atoms with Gasteiger partial charge in [-0.15, -0.1) is 0 Å². The third kappa shape index (κ3) is 2.96. The van der Waals surface area contributed by atoms with Crippen LogP contribution in [0.25, 0.3) is 0 Å². The SMILES string of the molecule is Cc1nc(CNC2CC2)nc(C(C)C)n1. The van der Waals surface area contributed by atoms with E-state index in [1.165, 1.54) is 12.8 Å². The summed E-state index contributed by atoms with van der Waals surface area (Å²) in [6.45, 7) is 6.90. The Kier molecular flexibility index (Phi) is 2.95. The zero-order valence-corrected chi connectivity index (χ0v) is 9.62. The molecule has 1 saturated carbocycles. The smallest absolute Gasteiger partial charge is 0.146 e. The fraction of sp³-hybridized carbons (Fsp3) is 0.727. The highest BCUT2D eigenvalue weighted by Gasteiger charge is 2.20. The fourth-order valence-electron chi connectivity index (χ4n) is 1.42.